The molecular weight excluding hydrogens is 322 g/mol. The molecule has 0 aliphatic carbocycles. The van der Waals surface area contributed by atoms with E-state index in [0.717, 1.165) is 16.6 Å². The van der Waals surface area contributed by atoms with Gasteiger partial charge in [-0.2, -0.15) is 11.3 Å². The van der Waals surface area contributed by atoms with Crippen LogP contribution in [0.5, 0.6) is 0 Å². The van der Waals surface area contributed by atoms with E-state index in [1.807, 2.05) is 24.5 Å². The highest BCUT2D eigenvalue weighted by atomic mass is 79.9. The van der Waals surface area contributed by atoms with Gasteiger partial charge in [0.1, 0.15) is 5.58 Å². The lowest BCUT2D eigenvalue weighted by atomic mass is 10.0. The molecule has 2 aromatic heterocycles. The Balaban J connectivity index is 2.12. The molecule has 2 heterocycles. The Bertz CT molecular complexity index is 688. The van der Waals surface area contributed by atoms with Crippen LogP contribution in [0.2, 0.25) is 0 Å². The van der Waals surface area contributed by atoms with Gasteiger partial charge in [-0.25, -0.2) is 0 Å². The maximum absolute atomic E-state index is 5.66. The van der Waals surface area contributed by atoms with E-state index >= 15 is 0 Å². The number of rotatable bonds is 4. The molecule has 0 spiro atoms. The van der Waals surface area contributed by atoms with Crippen molar-refractivity contribution in [2.24, 2.45) is 0 Å². The molecule has 19 heavy (non-hydrogen) atoms. The minimum absolute atomic E-state index is 0.161. The monoisotopic (exact) mass is 335 g/mol. The van der Waals surface area contributed by atoms with Crippen molar-refractivity contribution in [2.75, 3.05) is 6.54 Å². The second-order valence-electron chi connectivity index (χ2n) is 4.35. The van der Waals surface area contributed by atoms with Crippen molar-refractivity contribution in [2.45, 2.75) is 13.0 Å². The molecule has 1 atom stereocenters. The van der Waals surface area contributed by atoms with E-state index in [-0.39, 0.29) is 6.04 Å². The van der Waals surface area contributed by atoms with Crippen LogP contribution >= 0.6 is 27.3 Å². The van der Waals surface area contributed by atoms with Gasteiger partial charge in [-0.15, -0.1) is 0 Å². The van der Waals surface area contributed by atoms with Crippen LogP contribution in [0.1, 0.15) is 24.1 Å². The molecule has 0 aliphatic rings. The minimum Gasteiger partial charge on any atom is -0.464 e. The maximum Gasteiger partial charge on any atom is 0.134 e. The number of hydrogen-bond acceptors (Lipinski definition) is 3. The Labute approximate surface area is 124 Å². The largest absolute Gasteiger partial charge is 0.464 e. The molecule has 98 valence electrons. The van der Waals surface area contributed by atoms with Crippen molar-refractivity contribution in [1.82, 2.24) is 5.32 Å². The third-order valence-electron chi connectivity index (χ3n) is 3.18. The van der Waals surface area contributed by atoms with Gasteiger partial charge < -0.3 is 9.73 Å². The first-order valence-corrected chi connectivity index (χ1v) is 7.96. The van der Waals surface area contributed by atoms with Crippen molar-refractivity contribution in [3.63, 3.8) is 0 Å². The number of nitrogens with one attached hydrogen (secondary N) is 1. The van der Waals surface area contributed by atoms with E-state index in [0.29, 0.717) is 0 Å². The Morgan fingerprint density at radius 2 is 2.11 bits per heavy atom. The first kappa shape index (κ1) is 12.9. The lowest BCUT2D eigenvalue weighted by Crippen LogP contribution is -2.21. The van der Waals surface area contributed by atoms with Crippen molar-refractivity contribution in [3.8, 4) is 0 Å². The van der Waals surface area contributed by atoms with Crippen LogP contribution < -0.4 is 5.32 Å². The van der Waals surface area contributed by atoms with Gasteiger partial charge in [-0.1, -0.05) is 25.1 Å². The van der Waals surface area contributed by atoms with Gasteiger partial charge in [0.25, 0.3) is 0 Å². The summed E-state index contributed by atoms with van der Waals surface area (Å²) in [6.45, 7) is 3.03. The zero-order valence-corrected chi connectivity index (χ0v) is 12.9. The van der Waals surface area contributed by atoms with Crippen molar-refractivity contribution in [1.29, 1.82) is 0 Å². The highest BCUT2D eigenvalue weighted by Crippen LogP contribution is 2.35. The fraction of sp³-hybridized carbons (Fsp3) is 0.200. The predicted molar refractivity (Wildman–Crippen MR) is 83.8 cm³/mol. The standard InChI is InChI=1S/C15H14BrNOS/c1-2-17-15(12-8-19-9-13(12)16)11-7-18-14-6-4-3-5-10(11)14/h3-9,15,17H,2H2,1H3. The van der Waals surface area contributed by atoms with Gasteiger partial charge in [0, 0.05) is 20.8 Å². The number of benzene rings is 1. The minimum atomic E-state index is 0.161. The Morgan fingerprint density at radius 3 is 2.84 bits per heavy atom. The molecule has 3 aromatic rings. The Hall–Kier alpha value is -1.10. The molecule has 1 aromatic carbocycles. The molecule has 0 radical (unpaired) electrons. The third-order valence-corrected chi connectivity index (χ3v) is 4.94. The molecular formula is C15H14BrNOS. The summed E-state index contributed by atoms with van der Waals surface area (Å²) in [5, 5.41) is 9.00. The molecule has 2 nitrogen and oxygen atoms in total. The van der Waals surface area contributed by atoms with Crippen molar-refractivity contribution < 1.29 is 4.42 Å². The summed E-state index contributed by atoms with van der Waals surface area (Å²) < 4.78 is 6.81. The number of furan rings is 1. The van der Waals surface area contributed by atoms with Gasteiger partial charge in [0.2, 0.25) is 0 Å². The zero-order valence-electron chi connectivity index (χ0n) is 10.5. The molecule has 0 aliphatic heterocycles. The summed E-state index contributed by atoms with van der Waals surface area (Å²) in [5.74, 6) is 0. The van der Waals surface area contributed by atoms with Gasteiger partial charge in [0.05, 0.1) is 12.3 Å². The number of hydrogen-bond donors (Lipinski definition) is 1. The first-order valence-electron chi connectivity index (χ1n) is 6.22. The van der Waals surface area contributed by atoms with Crippen LogP contribution in [0.3, 0.4) is 0 Å². The van der Waals surface area contributed by atoms with Crippen LogP contribution in [-0.2, 0) is 0 Å². The number of para-hydroxylation sites is 1. The molecule has 0 fully saturated rings. The second-order valence-corrected chi connectivity index (χ2v) is 5.95. The molecule has 1 N–H and O–H groups in total. The molecule has 0 bridgehead atoms. The molecule has 0 saturated heterocycles. The lowest BCUT2D eigenvalue weighted by molar-refractivity contribution is 0.584. The highest BCUT2D eigenvalue weighted by Gasteiger charge is 2.20. The average molecular weight is 336 g/mol. The van der Waals surface area contributed by atoms with Crippen LogP contribution in [-0.4, -0.2) is 6.54 Å². The van der Waals surface area contributed by atoms with E-state index in [1.54, 1.807) is 11.3 Å². The quantitative estimate of drug-likeness (QED) is 0.729. The van der Waals surface area contributed by atoms with Crippen molar-refractivity contribution >= 4 is 38.2 Å². The summed E-state index contributed by atoms with van der Waals surface area (Å²) in [6.07, 6.45) is 1.86. The van der Waals surface area contributed by atoms with E-state index in [1.165, 1.54) is 16.5 Å². The molecule has 0 amide bonds. The zero-order chi connectivity index (χ0) is 13.2. The fourth-order valence-corrected chi connectivity index (χ4v) is 3.86. The van der Waals surface area contributed by atoms with Crippen LogP contribution in [0.25, 0.3) is 11.0 Å². The summed E-state index contributed by atoms with van der Waals surface area (Å²) in [5.41, 5.74) is 3.39. The highest BCUT2D eigenvalue weighted by molar-refractivity contribution is 9.10. The van der Waals surface area contributed by atoms with Gasteiger partial charge in [0.15, 0.2) is 0 Å². The molecule has 1 unspecified atom stereocenters. The topological polar surface area (TPSA) is 25.2 Å². The summed E-state index contributed by atoms with van der Waals surface area (Å²) in [4.78, 5) is 0. The normalized spacial score (nSPS) is 12.9. The van der Waals surface area contributed by atoms with E-state index in [9.17, 15) is 0 Å². The van der Waals surface area contributed by atoms with E-state index < -0.39 is 0 Å². The Kier molecular flexibility index (Phi) is 3.73. The molecule has 4 heteroatoms. The fourth-order valence-electron chi connectivity index (χ4n) is 2.31. The number of thiophene rings is 1. The smallest absolute Gasteiger partial charge is 0.134 e. The first-order chi connectivity index (χ1) is 9.31. The van der Waals surface area contributed by atoms with Gasteiger partial charge in [-0.3, -0.25) is 0 Å². The van der Waals surface area contributed by atoms with Gasteiger partial charge in [-0.05, 0) is 39.5 Å². The lowest BCUT2D eigenvalue weighted by Gasteiger charge is -2.16. The molecule has 0 saturated carbocycles. The van der Waals surface area contributed by atoms with Gasteiger partial charge >= 0.3 is 0 Å². The Morgan fingerprint density at radius 1 is 1.26 bits per heavy atom. The molecule has 3 rings (SSSR count). The van der Waals surface area contributed by atoms with Crippen LogP contribution in [0.4, 0.5) is 0 Å². The van der Waals surface area contributed by atoms with E-state index in [2.05, 4.69) is 45.0 Å². The summed E-state index contributed by atoms with van der Waals surface area (Å²) in [6, 6.07) is 8.32. The maximum atomic E-state index is 5.66. The number of fused-ring (bicyclic) bond motifs is 1. The van der Waals surface area contributed by atoms with E-state index in [4.69, 9.17) is 4.42 Å². The number of halogens is 1. The van der Waals surface area contributed by atoms with Crippen LogP contribution in [0.15, 0.2) is 50.2 Å². The second kappa shape index (κ2) is 5.49. The SMILES string of the molecule is CCNC(c1cscc1Br)c1coc2ccccc12. The van der Waals surface area contributed by atoms with Crippen LogP contribution in [0, 0.1) is 0 Å². The summed E-state index contributed by atoms with van der Waals surface area (Å²) >= 11 is 5.33. The predicted octanol–water partition coefficient (Wildman–Crippen LogP) is 4.96. The summed E-state index contributed by atoms with van der Waals surface area (Å²) in [7, 11) is 0. The van der Waals surface area contributed by atoms with Crippen molar-refractivity contribution in [3.05, 3.63) is 56.9 Å². The average Bonchev–Trinajstić information content (AvgIpc) is 3.03. The third kappa shape index (κ3) is 2.36.